The van der Waals surface area contributed by atoms with Crippen molar-refractivity contribution in [3.8, 4) is 0 Å². The molecule has 0 spiro atoms. The molecule has 188 valence electrons. The number of nitrogens with zero attached hydrogens (tertiary/aromatic N) is 1. The zero-order valence-corrected chi connectivity index (χ0v) is 18.7. The molecule has 0 aliphatic carbocycles. The van der Waals surface area contributed by atoms with Crippen LogP contribution in [-0.2, 0) is 30.2 Å². The highest BCUT2D eigenvalue weighted by Gasteiger charge is 2.48. The Bertz CT molecular complexity index is 904. The number of fused-ring (bicyclic) bond motifs is 1. The van der Waals surface area contributed by atoms with Gasteiger partial charge in [-0.25, -0.2) is 9.78 Å². The van der Waals surface area contributed by atoms with Crippen LogP contribution < -0.4 is 5.32 Å². The first-order chi connectivity index (χ1) is 16.4. The molecule has 0 saturated carbocycles. The summed E-state index contributed by atoms with van der Waals surface area (Å²) >= 11 is 0. The molecule has 4 rings (SSSR count). The summed E-state index contributed by atoms with van der Waals surface area (Å²) in [5.74, 6) is -1.58. The SMILES string of the molecule is C=C[C@H]1[C@H](O[C@@H]2O[C@H](CO)[C@@H](O)[C@H](O)[C@H]2O)OC=C(C(=O)OC)[C@H]1C[C@@H]1NCCc2[nH]cnc21. The largest absolute Gasteiger partial charge is 0.471 e. The molecular formula is C22H31N3O9. The van der Waals surface area contributed by atoms with Crippen molar-refractivity contribution in [2.45, 2.75) is 55.9 Å². The lowest BCUT2D eigenvalue weighted by Crippen LogP contribution is -2.60. The molecule has 1 fully saturated rings. The Balaban J connectivity index is 1.58. The Morgan fingerprint density at radius 1 is 1.29 bits per heavy atom. The van der Waals surface area contributed by atoms with Gasteiger partial charge in [0.25, 0.3) is 0 Å². The molecule has 3 aliphatic heterocycles. The maximum atomic E-state index is 12.5. The third-order valence-corrected chi connectivity index (χ3v) is 6.65. The molecule has 0 amide bonds. The highest BCUT2D eigenvalue weighted by Crippen LogP contribution is 2.40. The summed E-state index contributed by atoms with van der Waals surface area (Å²) in [7, 11) is 1.28. The van der Waals surface area contributed by atoms with Crippen LogP contribution in [0.3, 0.4) is 0 Å². The predicted octanol–water partition coefficient (Wildman–Crippen LogP) is -1.37. The summed E-state index contributed by atoms with van der Waals surface area (Å²) < 4.78 is 21.9. The van der Waals surface area contributed by atoms with E-state index in [4.69, 9.17) is 18.9 Å². The first kappa shape index (κ1) is 24.8. The van der Waals surface area contributed by atoms with Crippen molar-refractivity contribution in [3.63, 3.8) is 0 Å². The number of nitrogens with one attached hydrogen (secondary N) is 2. The zero-order chi connectivity index (χ0) is 24.4. The number of esters is 1. The van der Waals surface area contributed by atoms with E-state index in [1.807, 2.05) is 0 Å². The summed E-state index contributed by atoms with van der Waals surface area (Å²) in [6, 6.07) is -0.151. The topological polar surface area (TPSA) is 176 Å². The smallest absolute Gasteiger partial charge is 0.337 e. The molecule has 1 saturated heterocycles. The van der Waals surface area contributed by atoms with Gasteiger partial charge in [-0.2, -0.15) is 0 Å². The predicted molar refractivity (Wildman–Crippen MR) is 115 cm³/mol. The van der Waals surface area contributed by atoms with E-state index in [1.165, 1.54) is 13.4 Å². The lowest BCUT2D eigenvalue weighted by molar-refractivity contribution is -0.339. The van der Waals surface area contributed by atoms with E-state index >= 15 is 0 Å². The molecule has 12 heteroatoms. The number of aliphatic hydroxyl groups excluding tert-OH is 4. The van der Waals surface area contributed by atoms with Gasteiger partial charge in [0, 0.05) is 30.5 Å². The fourth-order valence-corrected chi connectivity index (χ4v) is 4.78. The van der Waals surface area contributed by atoms with E-state index in [0.29, 0.717) is 12.0 Å². The quantitative estimate of drug-likeness (QED) is 0.200. The van der Waals surface area contributed by atoms with Crippen LogP contribution >= 0.6 is 0 Å². The highest BCUT2D eigenvalue weighted by atomic mass is 16.8. The van der Waals surface area contributed by atoms with Crippen molar-refractivity contribution in [2.24, 2.45) is 11.8 Å². The number of aliphatic hydroxyl groups is 4. The van der Waals surface area contributed by atoms with Crippen molar-refractivity contribution < 1.29 is 44.2 Å². The van der Waals surface area contributed by atoms with E-state index < -0.39 is 61.4 Å². The third-order valence-electron chi connectivity index (χ3n) is 6.65. The summed E-state index contributed by atoms with van der Waals surface area (Å²) in [4.78, 5) is 20.1. The first-order valence-corrected chi connectivity index (χ1v) is 11.2. The van der Waals surface area contributed by atoms with Crippen LogP contribution in [0.5, 0.6) is 0 Å². The number of carbonyl (C=O) groups is 1. The van der Waals surface area contributed by atoms with Gasteiger partial charge in [0.1, 0.15) is 24.4 Å². The molecule has 3 aliphatic rings. The number of rotatable bonds is 7. The number of aromatic nitrogens is 2. The summed E-state index contributed by atoms with van der Waals surface area (Å²) in [6.45, 7) is 4.04. The Hall–Kier alpha value is -2.32. The van der Waals surface area contributed by atoms with Gasteiger partial charge in [0.05, 0.1) is 43.6 Å². The standard InChI is InChI=1S/C22H31N3O9/c1-3-10-11(6-14-16-13(4-5-23-14)24-9-25-16)12(20(30)31-2)8-32-21(10)34-22-19(29)18(28)17(27)15(7-26)33-22/h3,8-11,14-15,17-19,21-23,26-29H,1,4-7H2,2H3,(H,24,25)/t10-,11+,14+,15-,17-,18+,19-,21+,22+/m1/s1. The van der Waals surface area contributed by atoms with Crippen LogP contribution in [-0.4, -0.2) is 93.6 Å². The fourth-order valence-electron chi connectivity index (χ4n) is 4.78. The molecule has 0 unspecified atom stereocenters. The van der Waals surface area contributed by atoms with Crippen molar-refractivity contribution in [3.05, 3.63) is 42.2 Å². The molecule has 12 nitrogen and oxygen atoms in total. The van der Waals surface area contributed by atoms with Gasteiger partial charge in [-0.3, -0.25) is 0 Å². The minimum atomic E-state index is -1.59. The Morgan fingerprint density at radius 3 is 2.79 bits per heavy atom. The number of carbonyl (C=O) groups excluding carboxylic acids is 1. The van der Waals surface area contributed by atoms with Crippen LogP contribution in [0.4, 0.5) is 0 Å². The van der Waals surface area contributed by atoms with Crippen molar-refractivity contribution in [1.29, 1.82) is 0 Å². The second-order valence-corrected chi connectivity index (χ2v) is 8.58. The lowest BCUT2D eigenvalue weighted by atomic mass is 9.78. The molecule has 34 heavy (non-hydrogen) atoms. The Labute approximate surface area is 196 Å². The number of imidazole rings is 1. The maximum Gasteiger partial charge on any atom is 0.337 e. The summed E-state index contributed by atoms with van der Waals surface area (Å²) in [5.41, 5.74) is 2.20. The summed E-state index contributed by atoms with van der Waals surface area (Å²) in [6.07, 6.45) is -2.52. The van der Waals surface area contributed by atoms with E-state index in [1.54, 1.807) is 12.4 Å². The van der Waals surface area contributed by atoms with Gasteiger partial charge in [-0.05, 0) is 6.42 Å². The van der Waals surface area contributed by atoms with Gasteiger partial charge in [0.2, 0.25) is 6.29 Å². The van der Waals surface area contributed by atoms with Gasteiger partial charge >= 0.3 is 5.97 Å². The number of methoxy groups -OCH3 is 1. The average molecular weight is 482 g/mol. The van der Waals surface area contributed by atoms with Gasteiger partial charge in [0.15, 0.2) is 6.29 Å². The molecule has 0 aromatic carbocycles. The fraction of sp³-hybridized carbons (Fsp3) is 0.636. The van der Waals surface area contributed by atoms with Crippen LogP contribution in [0, 0.1) is 11.8 Å². The van der Waals surface area contributed by atoms with E-state index in [9.17, 15) is 25.2 Å². The summed E-state index contributed by atoms with van der Waals surface area (Å²) in [5, 5.41) is 43.3. The molecule has 9 atom stereocenters. The van der Waals surface area contributed by atoms with Crippen LogP contribution in [0.25, 0.3) is 0 Å². The second kappa shape index (κ2) is 10.5. The van der Waals surface area contributed by atoms with Crippen LogP contribution in [0.15, 0.2) is 30.8 Å². The molecule has 6 N–H and O–H groups in total. The number of hydrogen-bond acceptors (Lipinski definition) is 11. The van der Waals surface area contributed by atoms with E-state index in [2.05, 4.69) is 21.9 Å². The van der Waals surface area contributed by atoms with Gasteiger partial charge < -0.3 is 49.7 Å². The molecule has 1 aromatic rings. The normalized spacial score (nSPS) is 37.8. The number of H-pyrrole nitrogens is 1. The number of aromatic amines is 1. The molecule has 0 radical (unpaired) electrons. The van der Waals surface area contributed by atoms with Crippen molar-refractivity contribution >= 4 is 5.97 Å². The van der Waals surface area contributed by atoms with E-state index in [-0.39, 0.29) is 6.04 Å². The minimum absolute atomic E-state index is 0.151. The first-order valence-electron chi connectivity index (χ1n) is 11.2. The minimum Gasteiger partial charge on any atom is -0.471 e. The van der Waals surface area contributed by atoms with Gasteiger partial charge in [-0.1, -0.05) is 6.08 Å². The highest BCUT2D eigenvalue weighted by molar-refractivity contribution is 5.89. The third kappa shape index (κ3) is 4.62. The number of ether oxygens (including phenoxy) is 4. The van der Waals surface area contributed by atoms with Gasteiger partial charge in [-0.15, -0.1) is 6.58 Å². The molecule has 1 aromatic heterocycles. The monoisotopic (exact) mass is 481 g/mol. The average Bonchev–Trinajstić information content (AvgIpc) is 3.34. The lowest BCUT2D eigenvalue weighted by Gasteiger charge is -2.43. The van der Waals surface area contributed by atoms with Crippen molar-refractivity contribution in [1.82, 2.24) is 15.3 Å². The van der Waals surface area contributed by atoms with E-state index in [0.717, 1.165) is 24.4 Å². The molecule has 0 bridgehead atoms. The molecule has 4 heterocycles. The Kier molecular flexibility index (Phi) is 7.67. The zero-order valence-electron chi connectivity index (χ0n) is 18.7. The maximum absolute atomic E-state index is 12.5. The second-order valence-electron chi connectivity index (χ2n) is 8.58. The van der Waals surface area contributed by atoms with Crippen LogP contribution in [0.1, 0.15) is 23.9 Å². The number of hydrogen-bond donors (Lipinski definition) is 6. The molecular weight excluding hydrogens is 450 g/mol. The van der Waals surface area contributed by atoms with Crippen molar-refractivity contribution in [2.75, 3.05) is 20.3 Å². The van der Waals surface area contributed by atoms with Crippen LogP contribution in [0.2, 0.25) is 0 Å². The Morgan fingerprint density at radius 2 is 2.09 bits per heavy atom.